The normalized spacial score (nSPS) is 11.4. The fourth-order valence-electron chi connectivity index (χ4n) is 1.34. The molecule has 1 rings (SSSR count). The molecule has 0 fully saturated rings. The van der Waals surface area contributed by atoms with Crippen LogP contribution in [-0.2, 0) is 0 Å². The first kappa shape index (κ1) is 12.2. The molecule has 15 heavy (non-hydrogen) atoms. The van der Waals surface area contributed by atoms with Gasteiger partial charge in [-0.05, 0) is 12.8 Å². The molecule has 0 unspecified atom stereocenters. The molecule has 1 aromatic heterocycles. The summed E-state index contributed by atoms with van der Waals surface area (Å²) in [5.74, 6) is -0.0769. The standard InChI is InChI=1S/C10H16BrN3O/c1-3-10(4-2,7-11)14-9(15)8-5-12-13-6-8/h5-6H,3-4,7H2,1-2H3,(H,12,13)(H,14,15). The number of aromatic nitrogens is 2. The molecule has 1 heterocycles. The van der Waals surface area contributed by atoms with Crippen LogP contribution in [0.2, 0.25) is 0 Å². The first-order valence-corrected chi connectivity index (χ1v) is 6.17. The van der Waals surface area contributed by atoms with E-state index in [1.54, 1.807) is 6.20 Å². The van der Waals surface area contributed by atoms with Crippen LogP contribution in [0.15, 0.2) is 12.4 Å². The first-order chi connectivity index (χ1) is 7.17. The molecule has 0 aliphatic carbocycles. The summed E-state index contributed by atoms with van der Waals surface area (Å²) < 4.78 is 0. The maximum Gasteiger partial charge on any atom is 0.254 e. The predicted octanol–water partition coefficient (Wildman–Crippen LogP) is 2.09. The Bertz CT molecular complexity index is 298. The lowest BCUT2D eigenvalue weighted by Crippen LogP contribution is -2.49. The molecule has 0 aliphatic heterocycles. The molecule has 1 aromatic rings. The molecule has 4 nitrogen and oxygen atoms in total. The van der Waals surface area contributed by atoms with Crippen LogP contribution in [0.3, 0.4) is 0 Å². The Hall–Kier alpha value is -0.840. The Morgan fingerprint density at radius 1 is 1.60 bits per heavy atom. The largest absolute Gasteiger partial charge is 0.346 e. The van der Waals surface area contributed by atoms with Crippen molar-refractivity contribution in [1.82, 2.24) is 15.5 Å². The quantitative estimate of drug-likeness (QED) is 0.808. The molecule has 0 aliphatic rings. The van der Waals surface area contributed by atoms with Crippen LogP contribution < -0.4 is 5.32 Å². The van der Waals surface area contributed by atoms with Crippen molar-refractivity contribution in [2.45, 2.75) is 32.2 Å². The Kier molecular flexibility index (Phi) is 4.32. The summed E-state index contributed by atoms with van der Waals surface area (Å²) in [5, 5.41) is 10.2. The molecule has 0 bridgehead atoms. The number of carbonyl (C=O) groups is 1. The summed E-state index contributed by atoms with van der Waals surface area (Å²) in [6.07, 6.45) is 4.93. The number of nitrogens with one attached hydrogen (secondary N) is 2. The van der Waals surface area contributed by atoms with Gasteiger partial charge in [0.15, 0.2) is 0 Å². The second-order valence-electron chi connectivity index (χ2n) is 3.56. The van der Waals surface area contributed by atoms with E-state index in [2.05, 4.69) is 45.3 Å². The minimum atomic E-state index is -0.158. The van der Waals surface area contributed by atoms with Gasteiger partial charge in [-0.25, -0.2) is 0 Å². The van der Waals surface area contributed by atoms with Gasteiger partial charge in [0.2, 0.25) is 0 Å². The van der Waals surface area contributed by atoms with Crippen molar-refractivity contribution >= 4 is 21.8 Å². The van der Waals surface area contributed by atoms with Crippen molar-refractivity contribution in [3.63, 3.8) is 0 Å². The smallest absolute Gasteiger partial charge is 0.254 e. The summed E-state index contributed by atoms with van der Waals surface area (Å²) in [6, 6.07) is 0. The third kappa shape index (κ3) is 2.81. The Morgan fingerprint density at radius 2 is 2.27 bits per heavy atom. The Labute approximate surface area is 98.0 Å². The molecular weight excluding hydrogens is 258 g/mol. The molecule has 0 saturated heterocycles. The average molecular weight is 274 g/mol. The van der Waals surface area contributed by atoms with E-state index in [9.17, 15) is 4.79 Å². The van der Waals surface area contributed by atoms with Gasteiger partial charge >= 0.3 is 0 Å². The highest BCUT2D eigenvalue weighted by Gasteiger charge is 2.27. The topological polar surface area (TPSA) is 57.8 Å². The molecular formula is C10H16BrN3O. The van der Waals surface area contributed by atoms with E-state index in [4.69, 9.17) is 0 Å². The van der Waals surface area contributed by atoms with Gasteiger partial charge in [-0.3, -0.25) is 9.89 Å². The molecule has 2 N–H and O–H groups in total. The molecule has 0 atom stereocenters. The molecule has 1 amide bonds. The van der Waals surface area contributed by atoms with E-state index in [0.29, 0.717) is 5.56 Å². The lowest BCUT2D eigenvalue weighted by molar-refractivity contribution is 0.0904. The second-order valence-corrected chi connectivity index (χ2v) is 4.12. The molecule has 0 aromatic carbocycles. The van der Waals surface area contributed by atoms with Crippen molar-refractivity contribution < 1.29 is 4.79 Å². The highest BCUT2D eigenvalue weighted by molar-refractivity contribution is 9.09. The van der Waals surface area contributed by atoms with Crippen LogP contribution in [-0.4, -0.2) is 27.0 Å². The predicted molar refractivity (Wildman–Crippen MR) is 63.2 cm³/mol. The van der Waals surface area contributed by atoms with Crippen LogP contribution in [0, 0.1) is 0 Å². The Morgan fingerprint density at radius 3 is 2.67 bits per heavy atom. The zero-order valence-electron chi connectivity index (χ0n) is 9.01. The summed E-state index contributed by atoms with van der Waals surface area (Å²) >= 11 is 3.45. The van der Waals surface area contributed by atoms with Crippen molar-refractivity contribution in [3.05, 3.63) is 18.0 Å². The van der Waals surface area contributed by atoms with E-state index in [-0.39, 0.29) is 11.4 Å². The molecule has 0 saturated carbocycles. The lowest BCUT2D eigenvalue weighted by Gasteiger charge is -2.30. The number of hydrogen-bond acceptors (Lipinski definition) is 2. The minimum Gasteiger partial charge on any atom is -0.346 e. The highest BCUT2D eigenvalue weighted by atomic mass is 79.9. The van der Waals surface area contributed by atoms with E-state index in [1.165, 1.54) is 6.20 Å². The average Bonchev–Trinajstić information content (AvgIpc) is 2.79. The molecule has 84 valence electrons. The lowest BCUT2D eigenvalue weighted by atomic mass is 9.95. The number of halogens is 1. The molecule has 0 radical (unpaired) electrons. The van der Waals surface area contributed by atoms with Gasteiger partial charge < -0.3 is 5.32 Å². The SMILES string of the molecule is CCC(CC)(CBr)NC(=O)c1cn[nH]c1. The maximum atomic E-state index is 11.8. The van der Waals surface area contributed by atoms with Crippen molar-refractivity contribution in [2.24, 2.45) is 0 Å². The van der Waals surface area contributed by atoms with Crippen molar-refractivity contribution in [1.29, 1.82) is 0 Å². The van der Waals surface area contributed by atoms with E-state index in [0.717, 1.165) is 18.2 Å². The van der Waals surface area contributed by atoms with Crippen LogP contribution in [0.5, 0.6) is 0 Å². The number of aromatic amines is 1. The van der Waals surface area contributed by atoms with Gasteiger partial charge in [-0.1, -0.05) is 29.8 Å². The zero-order chi connectivity index (χ0) is 11.3. The molecule has 5 heteroatoms. The third-order valence-electron chi connectivity index (χ3n) is 2.75. The van der Waals surface area contributed by atoms with Crippen LogP contribution in [0.25, 0.3) is 0 Å². The van der Waals surface area contributed by atoms with Crippen molar-refractivity contribution in [3.8, 4) is 0 Å². The van der Waals surface area contributed by atoms with Gasteiger partial charge in [0, 0.05) is 17.1 Å². The van der Waals surface area contributed by atoms with Gasteiger partial charge in [-0.15, -0.1) is 0 Å². The van der Waals surface area contributed by atoms with Gasteiger partial charge in [0.25, 0.3) is 5.91 Å². The Balaban J connectivity index is 2.71. The van der Waals surface area contributed by atoms with E-state index >= 15 is 0 Å². The number of nitrogens with zero attached hydrogens (tertiary/aromatic N) is 1. The van der Waals surface area contributed by atoms with Gasteiger partial charge in [-0.2, -0.15) is 5.10 Å². The van der Waals surface area contributed by atoms with Crippen molar-refractivity contribution in [2.75, 3.05) is 5.33 Å². The summed E-state index contributed by atoms with van der Waals surface area (Å²) in [5.41, 5.74) is 0.413. The second kappa shape index (κ2) is 5.30. The molecule has 0 spiro atoms. The monoisotopic (exact) mass is 273 g/mol. The van der Waals surface area contributed by atoms with Gasteiger partial charge in [0.1, 0.15) is 0 Å². The third-order valence-corrected chi connectivity index (χ3v) is 3.82. The number of amides is 1. The minimum absolute atomic E-state index is 0.0769. The number of rotatable bonds is 5. The fourth-order valence-corrected chi connectivity index (χ4v) is 2.27. The number of hydrogen-bond donors (Lipinski definition) is 2. The summed E-state index contributed by atoms with van der Waals surface area (Å²) in [6.45, 7) is 4.14. The first-order valence-electron chi connectivity index (χ1n) is 5.04. The number of alkyl halides is 1. The van der Waals surface area contributed by atoms with Crippen LogP contribution in [0.1, 0.15) is 37.0 Å². The maximum absolute atomic E-state index is 11.8. The number of carbonyl (C=O) groups excluding carboxylic acids is 1. The number of H-pyrrole nitrogens is 1. The highest BCUT2D eigenvalue weighted by Crippen LogP contribution is 2.18. The zero-order valence-corrected chi connectivity index (χ0v) is 10.6. The van der Waals surface area contributed by atoms with Crippen LogP contribution >= 0.6 is 15.9 Å². The van der Waals surface area contributed by atoms with E-state index < -0.39 is 0 Å². The summed E-state index contributed by atoms with van der Waals surface area (Å²) in [4.78, 5) is 11.8. The summed E-state index contributed by atoms with van der Waals surface area (Å²) in [7, 11) is 0. The van der Waals surface area contributed by atoms with Gasteiger partial charge in [0.05, 0.1) is 11.8 Å². The van der Waals surface area contributed by atoms with Crippen LogP contribution in [0.4, 0.5) is 0 Å². The van der Waals surface area contributed by atoms with E-state index in [1.807, 2.05) is 0 Å². The fraction of sp³-hybridized carbons (Fsp3) is 0.600.